The SMILES string of the molecule is O=C(NC1CCC(Nc2nc(C3CC3)nc3c2cnn3-c2cccc(Cl)c2)CC1)c1cccc(F)c1. The third-order valence-electron chi connectivity index (χ3n) is 6.93. The summed E-state index contributed by atoms with van der Waals surface area (Å²) < 4.78 is 15.3. The average molecular weight is 505 g/mol. The van der Waals surface area contributed by atoms with Crippen molar-refractivity contribution in [3.05, 3.63) is 77.0 Å². The van der Waals surface area contributed by atoms with E-state index in [1.165, 1.54) is 12.1 Å². The van der Waals surface area contributed by atoms with Gasteiger partial charge in [0.2, 0.25) is 0 Å². The van der Waals surface area contributed by atoms with E-state index < -0.39 is 5.82 Å². The van der Waals surface area contributed by atoms with Crippen molar-refractivity contribution < 1.29 is 9.18 Å². The van der Waals surface area contributed by atoms with Crippen LogP contribution in [0.1, 0.15) is 60.6 Å². The van der Waals surface area contributed by atoms with Crippen LogP contribution in [0.3, 0.4) is 0 Å². The molecular weight excluding hydrogens is 479 g/mol. The Morgan fingerprint density at radius 2 is 1.75 bits per heavy atom. The smallest absolute Gasteiger partial charge is 0.251 e. The Labute approximate surface area is 213 Å². The molecule has 184 valence electrons. The Hall–Kier alpha value is -3.52. The highest BCUT2D eigenvalue weighted by atomic mass is 35.5. The molecule has 2 N–H and O–H groups in total. The van der Waals surface area contributed by atoms with Crippen LogP contribution in [0.15, 0.2) is 54.7 Å². The zero-order valence-electron chi connectivity index (χ0n) is 19.6. The molecule has 0 unspecified atom stereocenters. The van der Waals surface area contributed by atoms with E-state index in [0.29, 0.717) is 16.5 Å². The first-order chi connectivity index (χ1) is 17.5. The molecule has 0 bridgehead atoms. The van der Waals surface area contributed by atoms with Crippen molar-refractivity contribution in [1.29, 1.82) is 0 Å². The Morgan fingerprint density at radius 1 is 0.972 bits per heavy atom. The maximum Gasteiger partial charge on any atom is 0.251 e. The van der Waals surface area contributed by atoms with E-state index in [9.17, 15) is 9.18 Å². The van der Waals surface area contributed by atoms with Gasteiger partial charge in [0.05, 0.1) is 17.3 Å². The number of hydrogen-bond donors (Lipinski definition) is 2. The van der Waals surface area contributed by atoms with Crippen molar-refractivity contribution in [2.45, 2.75) is 56.5 Å². The fourth-order valence-corrected chi connectivity index (χ4v) is 5.01. The number of hydrogen-bond acceptors (Lipinski definition) is 5. The van der Waals surface area contributed by atoms with Crippen LogP contribution in [-0.2, 0) is 0 Å². The summed E-state index contributed by atoms with van der Waals surface area (Å²) in [7, 11) is 0. The minimum Gasteiger partial charge on any atom is -0.367 e. The van der Waals surface area contributed by atoms with Crippen LogP contribution in [0.2, 0.25) is 5.02 Å². The van der Waals surface area contributed by atoms with Crippen LogP contribution in [0.4, 0.5) is 10.2 Å². The van der Waals surface area contributed by atoms with Gasteiger partial charge >= 0.3 is 0 Å². The van der Waals surface area contributed by atoms with Crippen molar-refractivity contribution in [2.24, 2.45) is 0 Å². The van der Waals surface area contributed by atoms with E-state index in [4.69, 9.17) is 21.6 Å². The standard InChI is InChI=1S/C27H26ClFN6O/c28-18-4-2-6-22(14-18)35-26-23(15-30-35)25(33-24(34-26)16-7-8-16)31-20-9-11-21(12-10-20)32-27(36)17-3-1-5-19(29)13-17/h1-6,13-16,20-21H,7-12H2,(H,32,36)(H,31,33,34). The summed E-state index contributed by atoms with van der Waals surface area (Å²) in [5.41, 5.74) is 1.98. The van der Waals surface area contributed by atoms with Crippen molar-refractivity contribution in [3.63, 3.8) is 0 Å². The van der Waals surface area contributed by atoms with Gasteiger partial charge in [-0.25, -0.2) is 19.0 Å². The first-order valence-electron chi connectivity index (χ1n) is 12.4. The molecule has 2 aromatic heterocycles. The number of halogens is 2. The van der Waals surface area contributed by atoms with Crippen molar-refractivity contribution in [1.82, 2.24) is 25.1 Å². The molecule has 6 rings (SSSR count). The lowest BCUT2D eigenvalue weighted by Gasteiger charge is -2.30. The second kappa shape index (κ2) is 9.50. The molecule has 36 heavy (non-hydrogen) atoms. The van der Waals surface area contributed by atoms with Gasteiger partial charge in [0, 0.05) is 28.6 Å². The van der Waals surface area contributed by atoms with Crippen LogP contribution >= 0.6 is 11.6 Å². The van der Waals surface area contributed by atoms with E-state index in [-0.39, 0.29) is 18.0 Å². The Balaban J connectivity index is 1.18. The van der Waals surface area contributed by atoms with Crippen molar-refractivity contribution >= 4 is 34.4 Å². The molecule has 4 aromatic rings. The number of benzene rings is 2. The van der Waals surface area contributed by atoms with Crippen molar-refractivity contribution in [3.8, 4) is 5.69 Å². The number of carbonyl (C=O) groups excluding carboxylic acids is 1. The maximum absolute atomic E-state index is 13.5. The molecule has 2 fully saturated rings. The zero-order valence-corrected chi connectivity index (χ0v) is 20.4. The number of anilines is 1. The fraction of sp³-hybridized carbons (Fsp3) is 0.333. The van der Waals surface area contributed by atoms with E-state index in [1.807, 2.05) is 28.9 Å². The molecule has 0 saturated heterocycles. The highest BCUT2D eigenvalue weighted by Crippen LogP contribution is 2.40. The van der Waals surface area contributed by atoms with E-state index in [2.05, 4.69) is 15.7 Å². The minimum atomic E-state index is -0.407. The largest absolute Gasteiger partial charge is 0.367 e. The van der Waals surface area contributed by atoms with Gasteiger partial charge in [0.25, 0.3) is 5.91 Å². The number of carbonyl (C=O) groups is 1. The summed E-state index contributed by atoms with van der Waals surface area (Å²) in [5, 5.41) is 12.8. The Kier molecular flexibility index (Phi) is 6.05. The van der Waals surface area contributed by atoms with Gasteiger partial charge in [-0.05, 0) is 74.9 Å². The molecule has 2 heterocycles. The number of aromatic nitrogens is 4. The Bertz CT molecular complexity index is 1430. The van der Waals surface area contributed by atoms with Crippen LogP contribution in [-0.4, -0.2) is 37.7 Å². The molecular formula is C27H26ClFN6O. The van der Waals surface area contributed by atoms with Crippen LogP contribution in [0.25, 0.3) is 16.7 Å². The number of amides is 1. The third kappa shape index (κ3) is 4.78. The molecule has 0 radical (unpaired) electrons. The average Bonchev–Trinajstić information content (AvgIpc) is 3.64. The van der Waals surface area contributed by atoms with Gasteiger partial charge in [-0.15, -0.1) is 0 Å². The lowest BCUT2D eigenvalue weighted by Crippen LogP contribution is -2.40. The summed E-state index contributed by atoms with van der Waals surface area (Å²) in [4.78, 5) is 22.3. The monoisotopic (exact) mass is 504 g/mol. The number of nitrogens with zero attached hydrogens (tertiary/aromatic N) is 4. The molecule has 0 spiro atoms. The maximum atomic E-state index is 13.5. The number of nitrogens with one attached hydrogen (secondary N) is 2. The zero-order chi connectivity index (χ0) is 24.6. The molecule has 1 amide bonds. The van der Waals surface area contributed by atoms with Gasteiger partial charge in [-0.3, -0.25) is 4.79 Å². The lowest BCUT2D eigenvalue weighted by molar-refractivity contribution is 0.0926. The highest BCUT2D eigenvalue weighted by molar-refractivity contribution is 6.30. The van der Waals surface area contributed by atoms with Gasteiger partial charge in [-0.1, -0.05) is 23.7 Å². The van der Waals surface area contributed by atoms with Crippen LogP contribution in [0.5, 0.6) is 0 Å². The molecule has 2 aliphatic rings. The lowest BCUT2D eigenvalue weighted by atomic mass is 9.91. The van der Waals surface area contributed by atoms with Crippen LogP contribution in [0, 0.1) is 5.82 Å². The van der Waals surface area contributed by atoms with Gasteiger partial charge in [0.1, 0.15) is 17.5 Å². The quantitative estimate of drug-likeness (QED) is 0.355. The van der Waals surface area contributed by atoms with Crippen molar-refractivity contribution in [2.75, 3.05) is 5.32 Å². The predicted molar refractivity (Wildman–Crippen MR) is 137 cm³/mol. The van der Waals surface area contributed by atoms with Gasteiger partial charge in [-0.2, -0.15) is 5.10 Å². The van der Waals surface area contributed by atoms with Crippen LogP contribution < -0.4 is 10.6 Å². The topological polar surface area (TPSA) is 84.7 Å². The van der Waals surface area contributed by atoms with E-state index in [1.54, 1.807) is 18.3 Å². The summed E-state index contributed by atoms with van der Waals surface area (Å²) in [6, 6.07) is 13.7. The predicted octanol–water partition coefficient (Wildman–Crippen LogP) is 5.64. The molecule has 0 atom stereocenters. The summed E-state index contributed by atoms with van der Waals surface area (Å²) in [6.45, 7) is 0. The third-order valence-corrected chi connectivity index (χ3v) is 7.17. The highest BCUT2D eigenvalue weighted by Gasteiger charge is 2.30. The molecule has 2 saturated carbocycles. The normalized spacial score (nSPS) is 19.8. The second-order valence-corrected chi connectivity index (χ2v) is 10.1. The Morgan fingerprint density at radius 3 is 2.50 bits per heavy atom. The molecule has 0 aliphatic heterocycles. The first-order valence-corrected chi connectivity index (χ1v) is 12.8. The molecule has 7 nitrogen and oxygen atoms in total. The molecule has 2 aliphatic carbocycles. The minimum absolute atomic E-state index is 0.0665. The second-order valence-electron chi connectivity index (χ2n) is 9.65. The summed E-state index contributed by atoms with van der Waals surface area (Å²) >= 11 is 6.22. The van der Waals surface area contributed by atoms with Gasteiger partial charge < -0.3 is 10.6 Å². The first kappa shape index (κ1) is 22.9. The summed E-state index contributed by atoms with van der Waals surface area (Å²) in [5.74, 6) is 1.42. The fourth-order valence-electron chi connectivity index (χ4n) is 4.83. The van der Waals surface area contributed by atoms with Gasteiger partial charge in [0.15, 0.2) is 5.65 Å². The number of rotatable bonds is 6. The van der Waals surface area contributed by atoms with E-state index in [0.717, 1.165) is 66.9 Å². The van der Waals surface area contributed by atoms with E-state index >= 15 is 0 Å². The molecule has 2 aromatic carbocycles. The summed E-state index contributed by atoms with van der Waals surface area (Å²) in [6.07, 6.45) is 7.47. The molecule has 9 heteroatoms. The number of fused-ring (bicyclic) bond motifs is 1.